The van der Waals surface area contributed by atoms with Crippen LogP contribution in [-0.4, -0.2) is 55.8 Å². The average molecular weight is 267 g/mol. The molecule has 0 amide bonds. The van der Waals surface area contributed by atoms with Gasteiger partial charge in [-0.3, -0.25) is 4.98 Å². The van der Waals surface area contributed by atoms with Gasteiger partial charge in [0.15, 0.2) is 0 Å². The van der Waals surface area contributed by atoms with Crippen molar-refractivity contribution >= 4 is 10.0 Å². The van der Waals surface area contributed by atoms with Crippen LogP contribution in [0.25, 0.3) is 0 Å². The Morgan fingerprint density at radius 2 is 1.89 bits per heavy atom. The SMILES string of the molecule is CN1CC2CN(S(=O)(=O)c3cccnc3)CC2C1. The molecular formula is C12H17N3O2S. The predicted molar refractivity (Wildman–Crippen MR) is 67.5 cm³/mol. The maximum absolute atomic E-state index is 12.4. The van der Waals surface area contributed by atoms with Crippen LogP contribution in [0.4, 0.5) is 0 Å². The van der Waals surface area contributed by atoms with Crippen LogP contribution in [0.15, 0.2) is 29.4 Å². The van der Waals surface area contributed by atoms with Gasteiger partial charge in [0.25, 0.3) is 0 Å². The van der Waals surface area contributed by atoms with Gasteiger partial charge in [-0.1, -0.05) is 0 Å². The molecular weight excluding hydrogens is 250 g/mol. The molecule has 0 aliphatic carbocycles. The van der Waals surface area contributed by atoms with E-state index in [0.717, 1.165) is 13.1 Å². The molecule has 5 nitrogen and oxygen atoms in total. The Kier molecular flexibility index (Phi) is 2.88. The normalized spacial score (nSPS) is 29.6. The second-order valence-electron chi connectivity index (χ2n) is 5.25. The smallest absolute Gasteiger partial charge is 0.244 e. The molecule has 0 spiro atoms. The van der Waals surface area contributed by atoms with Crippen LogP contribution in [0.3, 0.4) is 0 Å². The van der Waals surface area contributed by atoms with Crippen LogP contribution < -0.4 is 0 Å². The Balaban J connectivity index is 1.81. The monoisotopic (exact) mass is 267 g/mol. The summed E-state index contributed by atoms with van der Waals surface area (Å²) in [6.07, 6.45) is 3.02. The number of rotatable bonds is 2. The lowest BCUT2D eigenvalue weighted by Gasteiger charge is -2.18. The van der Waals surface area contributed by atoms with E-state index in [1.165, 1.54) is 6.20 Å². The second kappa shape index (κ2) is 4.29. The van der Waals surface area contributed by atoms with Gasteiger partial charge in [-0.25, -0.2) is 8.42 Å². The maximum Gasteiger partial charge on any atom is 0.244 e. The third-order valence-corrected chi connectivity index (χ3v) is 5.72. The minimum atomic E-state index is -3.35. The van der Waals surface area contributed by atoms with Crippen LogP contribution in [0.2, 0.25) is 0 Å². The van der Waals surface area contributed by atoms with E-state index in [-0.39, 0.29) is 0 Å². The van der Waals surface area contributed by atoms with E-state index in [1.54, 1.807) is 22.6 Å². The third-order valence-electron chi connectivity index (χ3n) is 3.91. The Morgan fingerprint density at radius 1 is 1.22 bits per heavy atom. The van der Waals surface area contributed by atoms with Gasteiger partial charge in [-0.05, 0) is 31.0 Å². The summed E-state index contributed by atoms with van der Waals surface area (Å²) in [6, 6.07) is 3.28. The predicted octanol–water partition coefficient (Wildman–Crippen LogP) is 0.264. The highest BCUT2D eigenvalue weighted by molar-refractivity contribution is 7.89. The second-order valence-corrected chi connectivity index (χ2v) is 7.19. The highest BCUT2D eigenvalue weighted by Crippen LogP contribution is 2.33. The first-order chi connectivity index (χ1) is 8.57. The molecule has 2 saturated heterocycles. The molecule has 3 heterocycles. The minimum absolute atomic E-state index is 0.304. The lowest BCUT2D eigenvalue weighted by molar-refractivity contribution is 0.349. The zero-order valence-corrected chi connectivity index (χ0v) is 11.2. The summed E-state index contributed by atoms with van der Waals surface area (Å²) in [6.45, 7) is 3.30. The molecule has 0 saturated carbocycles. The number of fused-ring (bicyclic) bond motifs is 1. The van der Waals surface area contributed by atoms with Crippen molar-refractivity contribution < 1.29 is 8.42 Å². The lowest BCUT2D eigenvalue weighted by Crippen LogP contribution is -2.32. The third kappa shape index (κ3) is 1.94. The van der Waals surface area contributed by atoms with Crippen LogP contribution in [0.1, 0.15) is 0 Å². The van der Waals surface area contributed by atoms with Crippen molar-refractivity contribution in [3.8, 4) is 0 Å². The standard InChI is InChI=1S/C12H17N3O2S/c1-14-6-10-8-15(9-11(10)7-14)18(16,17)12-3-2-4-13-5-12/h2-5,10-11H,6-9H2,1H3. The van der Waals surface area contributed by atoms with Gasteiger partial charge >= 0.3 is 0 Å². The Labute approximate surface area is 107 Å². The van der Waals surface area contributed by atoms with Crippen molar-refractivity contribution in [1.82, 2.24) is 14.2 Å². The molecule has 2 aliphatic rings. The molecule has 6 heteroatoms. The first kappa shape index (κ1) is 12.1. The zero-order valence-electron chi connectivity index (χ0n) is 10.4. The van der Waals surface area contributed by atoms with E-state index in [4.69, 9.17) is 0 Å². The van der Waals surface area contributed by atoms with Crippen LogP contribution in [0, 0.1) is 11.8 Å². The highest BCUT2D eigenvalue weighted by Gasteiger charge is 2.43. The molecule has 0 aromatic carbocycles. The molecule has 2 unspecified atom stereocenters. The Morgan fingerprint density at radius 3 is 2.44 bits per heavy atom. The van der Waals surface area contributed by atoms with Gasteiger partial charge in [0.05, 0.1) is 0 Å². The van der Waals surface area contributed by atoms with Gasteiger partial charge in [-0.2, -0.15) is 4.31 Å². The number of aromatic nitrogens is 1. The molecule has 1 aromatic heterocycles. The molecule has 0 radical (unpaired) electrons. The van der Waals surface area contributed by atoms with E-state index in [0.29, 0.717) is 29.8 Å². The molecule has 3 rings (SSSR count). The number of hydrogen-bond donors (Lipinski definition) is 0. The number of sulfonamides is 1. The maximum atomic E-state index is 12.4. The highest BCUT2D eigenvalue weighted by atomic mass is 32.2. The van der Waals surface area contributed by atoms with Crippen LogP contribution >= 0.6 is 0 Å². The number of likely N-dealkylation sites (tertiary alicyclic amines) is 1. The lowest BCUT2D eigenvalue weighted by atomic mass is 10.0. The van der Waals surface area contributed by atoms with E-state index in [9.17, 15) is 8.42 Å². The van der Waals surface area contributed by atoms with Crippen LogP contribution in [0.5, 0.6) is 0 Å². The van der Waals surface area contributed by atoms with Crippen molar-refractivity contribution in [3.63, 3.8) is 0 Å². The molecule has 18 heavy (non-hydrogen) atoms. The fourth-order valence-electron chi connectivity index (χ4n) is 3.03. The molecule has 0 N–H and O–H groups in total. The summed E-state index contributed by atoms with van der Waals surface area (Å²) >= 11 is 0. The molecule has 2 atom stereocenters. The summed E-state index contributed by atoms with van der Waals surface area (Å²) in [5.41, 5.74) is 0. The molecule has 2 aliphatic heterocycles. The summed E-state index contributed by atoms with van der Waals surface area (Å²) in [4.78, 5) is 6.48. The minimum Gasteiger partial charge on any atom is -0.306 e. The molecule has 2 fully saturated rings. The van der Waals surface area contributed by atoms with Gasteiger partial charge < -0.3 is 4.90 Å². The Hall–Kier alpha value is -0.980. The van der Waals surface area contributed by atoms with Gasteiger partial charge in [0, 0.05) is 38.6 Å². The molecule has 1 aromatic rings. The summed E-state index contributed by atoms with van der Waals surface area (Å²) in [5.74, 6) is 0.975. The van der Waals surface area contributed by atoms with Gasteiger partial charge in [-0.15, -0.1) is 0 Å². The quantitative estimate of drug-likeness (QED) is 0.771. The average Bonchev–Trinajstić information content (AvgIpc) is 2.87. The van der Waals surface area contributed by atoms with Gasteiger partial charge in [0.1, 0.15) is 4.90 Å². The first-order valence-electron chi connectivity index (χ1n) is 6.16. The molecule has 98 valence electrons. The van der Waals surface area contributed by atoms with Crippen molar-refractivity contribution in [2.24, 2.45) is 11.8 Å². The van der Waals surface area contributed by atoms with Crippen LogP contribution in [-0.2, 0) is 10.0 Å². The number of hydrogen-bond acceptors (Lipinski definition) is 4. The topological polar surface area (TPSA) is 53.5 Å². The van der Waals surface area contributed by atoms with E-state index in [2.05, 4.69) is 16.9 Å². The zero-order chi connectivity index (χ0) is 12.8. The fourth-order valence-corrected chi connectivity index (χ4v) is 4.55. The van der Waals surface area contributed by atoms with E-state index >= 15 is 0 Å². The van der Waals surface area contributed by atoms with Crippen molar-refractivity contribution in [2.75, 3.05) is 33.2 Å². The van der Waals surface area contributed by atoms with Gasteiger partial charge in [0.2, 0.25) is 10.0 Å². The first-order valence-corrected chi connectivity index (χ1v) is 7.60. The number of pyridine rings is 1. The molecule has 0 bridgehead atoms. The summed E-state index contributed by atoms with van der Waals surface area (Å²) < 4.78 is 26.5. The summed E-state index contributed by atoms with van der Waals surface area (Å²) in [5, 5.41) is 0. The largest absolute Gasteiger partial charge is 0.306 e. The Bertz CT molecular complexity index is 518. The summed E-state index contributed by atoms with van der Waals surface area (Å²) in [7, 11) is -1.25. The number of nitrogens with zero attached hydrogens (tertiary/aromatic N) is 3. The fraction of sp³-hybridized carbons (Fsp3) is 0.583. The van der Waals surface area contributed by atoms with Crippen molar-refractivity contribution in [3.05, 3.63) is 24.5 Å². The van der Waals surface area contributed by atoms with Crippen molar-refractivity contribution in [1.29, 1.82) is 0 Å². The van der Waals surface area contributed by atoms with Crippen molar-refractivity contribution in [2.45, 2.75) is 4.90 Å². The van der Waals surface area contributed by atoms with E-state index in [1.807, 2.05) is 0 Å². The van der Waals surface area contributed by atoms with E-state index < -0.39 is 10.0 Å².